The largest absolute Gasteiger partial charge is 0.508 e. The van der Waals surface area contributed by atoms with Gasteiger partial charge in [0.15, 0.2) is 0 Å². The molecule has 1 saturated carbocycles. The fourth-order valence-electron chi connectivity index (χ4n) is 4.84. The summed E-state index contributed by atoms with van der Waals surface area (Å²) in [5, 5.41) is 12.0. The topological polar surface area (TPSA) is 37.3 Å². The van der Waals surface area contributed by atoms with Gasteiger partial charge in [0.2, 0.25) is 0 Å². The molecule has 120 valence electrons. The predicted molar refractivity (Wildman–Crippen MR) is 92.8 cm³/mol. The van der Waals surface area contributed by atoms with Gasteiger partial charge in [-0.15, -0.1) is 0 Å². The van der Waals surface area contributed by atoms with E-state index in [0.717, 1.165) is 24.6 Å². The van der Waals surface area contributed by atoms with Crippen molar-refractivity contribution in [3.63, 3.8) is 0 Å². The van der Waals surface area contributed by atoms with Crippen molar-refractivity contribution >= 4 is 16.6 Å². The van der Waals surface area contributed by atoms with Crippen molar-refractivity contribution in [2.45, 2.75) is 52.4 Å². The highest BCUT2D eigenvalue weighted by Gasteiger charge is 2.51. The minimum absolute atomic E-state index is 0.0831. The SMILES string of the molecule is CC1(C)CC(=O)[C@@]2(C)CCc3c(ccc4cc(O)ccc34)[C@@H]2C1. The summed E-state index contributed by atoms with van der Waals surface area (Å²) in [4.78, 5) is 12.9. The first-order valence-electron chi connectivity index (χ1n) is 8.58. The molecular weight excluding hydrogens is 284 g/mol. The molecule has 1 N–H and O–H groups in total. The van der Waals surface area contributed by atoms with Crippen LogP contribution in [0.3, 0.4) is 0 Å². The van der Waals surface area contributed by atoms with E-state index in [-0.39, 0.29) is 10.8 Å². The zero-order valence-corrected chi connectivity index (χ0v) is 14.1. The Morgan fingerprint density at radius 3 is 2.70 bits per heavy atom. The van der Waals surface area contributed by atoms with E-state index in [1.165, 1.54) is 16.5 Å². The second-order valence-electron chi connectivity index (χ2n) is 8.48. The Bertz CT molecular complexity index is 818. The number of benzene rings is 2. The van der Waals surface area contributed by atoms with Crippen LogP contribution < -0.4 is 0 Å². The Labute approximate surface area is 137 Å². The average Bonchev–Trinajstić information content (AvgIpc) is 2.47. The van der Waals surface area contributed by atoms with Crippen molar-refractivity contribution in [2.24, 2.45) is 10.8 Å². The van der Waals surface area contributed by atoms with Crippen molar-refractivity contribution in [3.05, 3.63) is 41.5 Å². The van der Waals surface area contributed by atoms with E-state index in [2.05, 4.69) is 32.9 Å². The van der Waals surface area contributed by atoms with Gasteiger partial charge in [0.05, 0.1) is 0 Å². The molecule has 2 aromatic carbocycles. The van der Waals surface area contributed by atoms with Crippen LogP contribution in [0.4, 0.5) is 0 Å². The van der Waals surface area contributed by atoms with Crippen molar-refractivity contribution in [1.29, 1.82) is 0 Å². The van der Waals surface area contributed by atoms with Gasteiger partial charge in [-0.1, -0.05) is 39.0 Å². The minimum atomic E-state index is -0.201. The first-order chi connectivity index (χ1) is 10.8. The molecule has 2 heteroatoms. The van der Waals surface area contributed by atoms with E-state index in [0.29, 0.717) is 23.9 Å². The number of aromatic hydroxyl groups is 1. The third-order valence-corrected chi connectivity index (χ3v) is 6.22. The number of phenolic OH excluding ortho intramolecular Hbond substituents is 1. The fraction of sp³-hybridized carbons (Fsp3) is 0.476. The standard InChI is InChI=1S/C21H24O2/c1-20(2)11-18-17-6-4-13-10-14(22)5-7-15(13)16(17)8-9-21(18,3)19(23)12-20/h4-7,10,18,22H,8-9,11-12H2,1-3H3/t18-,21-/m0/s1. The van der Waals surface area contributed by atoms with Crippen molar-refractivity contribution in [1.82, 2.24) is 0 Å². The Hall–Kier alpha value is -1.83. The first kappa shape index (κ1) is 14.7. The molecule has 0 heterocycles. The van der Waals surface area contributed by atoms with Crippen LogP contribution in [0.5, 0.6) is 5.75 Å². The predicted octanol–water partition coefficient (Wildman–Crippen LogP) is 4.97. The van der Waals surface area contributed by atoms with Gasteiger partial charge < -0.3 is 5.11 Å². The summed E-state index contributed by atoms with van der Waals surface area (Å²) >= 11 is 0. The maximum Gasteiger partial charge on any atom is 0.139 e. The van der Waals surface area contributed by atoms with Gasteiger partial charge in [0.25, 0.3) is 0 Å². The first-order valence-corrected chi connectivity index (χ1v) is 8.58. The molecule has 1 fully saturated rings. The summed E-state index contributed by atoms with van der Waals surface area (Å²) in [5.41, 5.74) is 2.63. The molecule has 2 aliphatic carbocycles. The van der Waals surface area contributed by atoms with Gasteiger partial charge in [-0.2, -0.15) is 0 Å². The van der Waals surface area contributed by atoms with Crippen LogP contribution in [0.25, 0.3) is 10.8 Å². The number of carbonyl (C=O) groups is 1. The van der Waals surface area contributed by atoms with Crippen molar-refractivity contribution in [2.75, 3.05) is 0 Å². The van der Waals surface area contributed by atoms with Gasteiger partial charge >= 0.3 is 0 Å². The number of fused-ring (bicyclic) bond motifs is 5. The third kappa shape index (κ3) is 2.11. The number of aryl methyl sites for hydroxylation is 1. The molecule has 2 aliphatic rings. The van der Waals surface area contributed by atoms with E-state index in [1.807, 2.05) is 12.1 Å². The quantitative estimate of drug-likeness (QED) is 0.746. The van der Waals surface area contributed by atoms with Crippen LogP contribution in [0, 0.1) is 10.8 Å². The minimum Gasteiger partial charge on any atom is -0.508 e. The van der Waals surface area contributed by atoms with Gasteiger partial charge in [-0.3, -0.25) is 4.79 Å². The summed E-state index contributed by atoms with van der Waals surface area (Å²) in [6.07, 6.45) is 3.68. The number of hydrogen-bond acceptors (Lipinski definition) is 2. The van der Waals surface area contributed by atoms with Crippen LogP contribution in [0.1, 0.15) is 57.1 Å². The summed E-state index contributed by atoms with van der Waals surface area (Å²) in [7, 11) is 0. The zero-order valence-electron chi connectivity index (χ0n) is 14.1. The van der Waals surface area contributed by atoms with E-state index in [1.54, 1.807) is 6.07 Å². The number of Topliss-reactive ketones (excluding diaryl/α,β-unsaturated/α-hetero) is 1. The highest BCUT2D eigenvalue weighted by atomic mass is 16.3. The zero-order chi connectivity index (χ0) is 16.4. The average molecular weight is 308 g/mol. The Morgan fingerprint density at radius 1 is 1.13 bits per heavy atom. The van der Waals surface area contributed by atoms with Crippen LogP contribution in [0.2, 0.25) is 0 Å². The van der Waals surface area contributed by atoms with Crippen LogP contribution in [0.15, 0.2) is 30.3 Å². The van der Waals surface area contributed by atoms with Crippen molar-refractivity contribution < 1.29 is 9.90 Å². The fourth-order valence-corrected chi connectivity index (χ4v) is 4.84. The lowest BCUT2D eigenvalue weighted by atomic mass is 9.53. The number of rotatable bonds is 0. The number of phenols is 1. The monoisotopic (exact) mass is 308 g/mol. The van der Waals surface area contributed by atoms with E-state index in [9.17, 15) is 9.90 Å². The number of carbonyl (C=O) groups excluding carboxylic acids is 1. The van der Waals surface area contributed by atoms with Gasteiger partial charge in [-0.25, -0.2) is 0 Å². The summed E-state index contributed by atoms with van der Waals surface area (Å²) in [5.74, 6) is 1.07. The lowest BCUT2D eigenvalue weighted by Gasteiger charge is -2.50. The summed E-state index contributed by atoms with van der Waals surface area (Å²) in [6.45, 7) is 6.62. The summed E-state index contributed by atoms with van der Waals surface area (Å²) < 4.78 is 0. The normalized spacial score (nSPS) is 29.2. The molecule has 4 rings (SSSR count). The maximum absolute atomic E-state index is 12.9. The highest BCUT2D eigenvalue weighted by Crippen LogP contribution is 2.57. The van der Waals surface area contributed by atoms with Gasteiger partial charge in [0.1, 0.15) is 11.5 Å². The van der Waals surface area contributed by atoms with E-state index < -0.39 is 0 Å². The van der Waals surface area contributed by atoms with Crippen LogP contribution in [-0.2, 0) is 11.2 Å². The molecule has 23 heavy (non-hydrogen) atoms. The molecule has 0 aromatic heterocycles. The maximum atomic E-state index is 12.9. The third-order valence-electron chi connectivity index (χ3n) is 6.22. The number of ketones is 1. The Balaban J connectivity index is 1.92. The molecule has 0 spiro atoms. The van der Waals surface area contributed by atoms with Crippen molar-refractivity contribution in [3.8, 4) is 5.75 Å². The van der Waals surface area contributed by atoms with Crippen LogP contribution >= 0.6 is 0 Å². The van der Waals surface area contributed by atoms with E-state index >= 15 is 0 Å². The lowest BCUT2D eigenvalue weighted by Crippen LogP contribution is -2.46. The highest BCUT2D eigenvalue weighted by molar-refractivity contribution is 5.91. The van der Waals surface area contributed by atoms with Gasteiger partial charge in [0, 0.05) is 11.8 Å². The molecular formula is C21H24O2. The second-order valence-corrected chi connectivity index (χ2v) is 8.48. The molecule has 0 radical (unpaired) electrons. The summed E-state index contributed by atoms with van der Waals surface area (Å²) in [6, 6.07) is 9.94. The smallest absolute Gasteiger partial charge is 0.139 e. The molecule has 2 nitrogen and oxygen atoms in total. The molecule has 0 aliphatic heterocycles. The molecule has 0 amide bonds. The Morgan fingerprint density at radius 2 is 1.91 bits per heavy atom. The molecule has 2 atom stereocenters. The molecule has 0 bridgehead atoms. The Kier molecular flexibility index (Phi) is 2.94. The van der Waals surface area contributed by atoms with Crippen LogP contribution in [-0.4, -0.2) is 10.9 Å². The lowest BCUT2D eigenvalue weighted by molar-refractivity contribution is -0.136. The van der Waals surface area contributed by atoms with E-state index in [4.69, 9.17) is 0 Å². The van der Waals surface area contributed by atoms with Gasteiger partial charge in [-0.05, 0) is 64.6 Å². The molecule has 0 saturated heterocycles. The molecule has 0 unspecified atom stereocenters. The second kappa shape index (κ2) is 4.59. The number of hydrogen-bond donors (Lipinski definition) is 1. The molecule has 2 aromatic rings.